The molecule has 0 fully saturated rings. The van der Waals surface area contributed by atoms with Crippen LogP contribution in [0, 0.1) is 0 Å². The molecule has 0 aliphatic rings. The lowest BCUT2D eigenvalue weighted by Crippen LogP contribution is -2.34. The molecule has 25 heavy (non-hydrogen) atoms. The Bertz CT molecular complexity index is 904. The topological polar surface area (TPSA) is 81.8 Å². The summed E-state index contributed by atoms with van der Waals surface area (Å²) in [4.78, 5) is 23.9. The molecule has 8 heteroatoms. The third-order valence-corrected chi connectivity index (χ3v) is 3.79. The zero-order valence-corrected chi connectivity index (χ0v) is 14.1. The van der Waals surface area contributed by atoms with E-state index in [0.29, 0.717) is 23.8 Å². The number of halogens is 1. The predicted octanol–water partition coefficient (Wildman–Crippen LogP) is 1.44. The fraction of sp³-hybridized carbons (Fsp3) is 0.176. The normalized spacial score (nSPS) is 10.6. The van der Waals surface area contributed by atoms with Gasteiger partial charge in [0.1, 0.15) is 6.54 Å². The highest BCUT2D eigenvalue weighted by Gasteiger charge is 2.07. The maximum Gasteiger partial charge on any atom is 0.267 e. The van der Waals surface area contributed by atoms with Crippen molar-refractivity contribution in [3.63, 3.8) is 0 Å². The third kappa shape index (κ3) is 4.54. The van der Waals surface area contributed by atoms with Gasteiger partial charge in [0.25, 0.3) is 5.56 Å². The monoisotopic (exact) mass is 357 g/mol. The highest BCUT2D eigenvalue weighted by molar-refractivity contribution is 6.30. The summed E-state index contributed by atoms with van der Waals surface area (Å²) in [6, 6.07) is 12.1. The van der Waals surface area contributed by atoms with E-state index in [-0.39, 0.29) is 18.0 Å². The molecule has 1 amide bonds. The molecule has 3 rings (SSSR count). The van der Waals surface area contributed by atoms with Crippen LogP contribution in [0.4, 0.5) is 0 Å². The van der Waals surface area contributed by atoms with Gasteiger partial charge in [-0.25, -0.2) is 9.36 Å². The van der Waals surface area contributed by atoms with Crippen molar-refractivity contribution in [2.24, 2.45) is 0 Å². The first-order chi connectivity index (χ1) is 12.1. The molecular formula is C17H16ClN5O2. The molecule has 0 unspecified atom stereocenters. The molecule has 0 spiro atoms. The Morgan fingerprint density at radius 1 is 1.16 bits per heavy atom. The molecule has 0 aliphatic heterocycles. The molecule has 0 radical (unpaired) electrons. The second-order valence-corrected chi connectivity index (χ2v) is 5.80. The summed E-state index contributed by atoms with van der Waals surface area (Å²) in [5, 5.41) is 11.7. The Morgan fingerprint density at radius 2 is 1.96 bits per heavy atom. The highest BCUT2D eigenvalue weighted by Crippen LogP contribution is 2.09. The molecule has 2 aromatic heterocycles. The van der Waals surface area contributed by atoms with Gasteiger partial charge in [-0.05, 0) is 36.2 Å². The quantitative estimate of drug-likeness (QED) is 0.723. The molecule has 128 valence electrons. The van der Waals surface area contributed by atoms with Crippen LogP contribution in [0.5, 0.6) is 0 Å². The lowest BCUT2D eigenvalue weighted by atomic mass is 10.1. The number of amides is 1. The predicted molar refractivity (Wildman–Crippen MR) is 93.8 cm³/mol. The summed E-state index contributed by atoms with van der Waals surface area (Å²) >= 11 is 5.84. The summed E-state index contributed by atoms with van der Waals surface area (Å²) in [6.45, 7) is 0.322. The molecule has 0 bridgehead atoms. The maximum absolute atomic E-state index is 12.1. The van der Waals surface area contributed by atoms with Gasteiger partial charge < -0.3 is 5.32 Å². The first-order valence-corrected chi connectivity index (χ1v) is 8.09. The van der Waals surface area contributed by atoms with Gasteiger partial charge >= 0.3 is 0 Å². The SMILES string of the molecule is O=C(Cn1nc(-n2cccn2)ccc1=O)NCCc1ccc(Cl)cc1. The number of aromatic nitrogens is 4. The first kappa shape index (κ1) is 16.9. The molecule has 7 nitrogen and oxygen atoms in total. The van der Waals surface area contributed by atoms with Gasteiger partial charge in [-0.2, -0.15) is 5.10 Å². The molecule has 0 atom stereocenters. The van der Waals surface area contributed by atoms with Crippen molar-refractivity contribution < 1.29 is 4.79 Å². The number of benzene rings is 1. The van der Waals surface area contributed by atoms with Gasteiger partial charge in [0.05, 0.1) is 0 Å². The number of nitrogens with one attached hydrogen (secondary N) is 1. The van der Waals surface area contributed by atoms with E-state index in [4.69, 9.17) is 11.6 Å². The van der Waals surface area contributed by atoms with Gasteiger partial charge in [0, 0.05) is 30.0 Å². The summed E-state index contributed by atoms with van der Waals surface area (Å²) in [5.74, 6) is 0.194. The van der Waals surface area contributed by atoms with E-state index >= 15 is 0 Å². The van der Waals surface area contributed by atoms with Crippen LogP contribution in [0.2, 0.25) is 5.02 Å². The lowest BCUT2D eigenvalue weighted by Gasteiger charge is -2.08. The van der Waals surface area contributed by atoms with Gasteiger partial charge in [-0.3, -0.25) is 9.59 Å². The molecule has 1 N–H and O–H groups in total. The summed E-state index contributed by atoms with van der Waals surface area (Å²) in [7, 11) is 0. The van der Waals surface area contributed by atoms with E-state index in [0.717, 1.165) is 10.2 Å². The van der Waals surface area contributed by atoms with Gasteiger partial charge in [0.15, 0.2) is 5.82 Å². The number of carbonyl (C=O) groups excluding carboxylic acids is 1. The van der Waals surface area contributed by atoms with Crippen LogP contribution in [-0.4, -0.2) is 32.0 Å². The van der Waals surface area contributed by atoms with Crippen molar-refractivity contribution in [1.82, 2.24) is 24.9 Å². The van der Waals surface area contributed by atoms with Crippen molar-refractivity contribution in [2.75, 3.05) is 6.54 Å². The Morgan fingerprint density at radius 3 is 2.68 bits per heavy atom. The van der Waals surface area contributed by atoms with E-state index in [1.165, 1.54) is 10.7 Å². The fourth-order valence-corrected chi connectivity index (χ4v) is 2.39. The van der Waals surface area contributed by atoms with E-state index < -0.39 is 0 Å². The summed E-state index contributed by atoms with van der Waals surface area (Å²) < 4.78 is 2.64. The largest absolute Gasteiger partial charge is 0.354 e. The minimum absolute atomic E-state index is 0.144. The fourth-order valence-electron chi connectivity index (χ4n) is 2.27. The highest BCUT2D eigenvalue weighted by atomic mass is 35.5. The number of hydrogen-bond acceptors (Lipinski definition) is 4. The van der Waals surface area contributed by atoms with E-state index in [9.17, 15) is 9.59 Å². The second kappa shape index (κ2) is 7.76. The van der Waals surface area contributed by atoms with Crippen LogP contribution in [0.25, 0.3) is 5.82 Å². The van der Waals surface area contributed by atoms with Crippen molar-refractivity contribution in [3.8, 4) is 5.82 Å². The number of nitrogens with zero attached hydrogens (tertiary/aromatic N) is 4. The maximum atomic E-state index is 12.1. The average molecular weight is 358 g/mol. The van der Waals surface area contributed by atoms with Gasteiger partial charge in [-0.1, -0.05) is 23.7 Å². The van der Waals surface area contributed by atoms with Crippen molar-refractivity contribution >= 4 is 17.5 Å². The van der Waals surface area contributed by atoms with E-state index in [2.05, 4.69) is 15.5 Å². The zero-order chi connectivity index (χ0) is 17.6. The number of rotatable bonds is 6. The van der Waals surface area contributed by atoms with Crippen LogP contribution >= 0.6 is 11.6 Å². The van der Waals surface area contributed by atoms with Gasteiger partial charge in [0.2, 0.25) is 5.91 Å². The van der Waals surface area contributed by atoms with Crippen LogP contribution in [-0.2, 0) is 17.8 Å². The third-order valence-electron chi connectivity index (χ3n) is 3.53. The second-order valence-electron chi connectivity index (χ2n) is 5.36. The molecule has 1 aromatic carbocycles. The van der Waals surface area contributed by atoms with Crippen molar-refractivity contribution in [2.45, 2.75) is 13.0 Å². The van der Waals surface area contributed by atoms with E-state index in [1.807, 2.05) is 24.3 Å². The Hall–Kier alpha value is -2.93. The molecule has 0 aliphatic carbocycles. The molecule has 0 saturated carbocycles. The van der Waals surface area contributed by atoms with Crippen LogP contribution in [0.3, 0.4) is 0 Å². The number of carbonyl (C=O) groups is 1. The van der Waals surface area contributed by atoms with Crippen molar-refractivity contribution in [3.05, 3.63) is 75.8 Å². The van der Waals surface area contributed by atoms with Crippen LogP contribution in [0.15, 0.2) is 59.7 Å². The minimum atomic E-state index is -0.344. The molecular weight excluding hydrogens is 342 g/mol. The smallest absolute Gasteiger partial charge is 0.267 e. The Labute approximate surface area is 148 Å². The first-order valence-electron chi connectivity index (χ1n) is 7.71. The lowest BCUT2D eigenvalue weighted by molar-refractivity contribution is -0.121. The number of hydrogen-bond donors (Lipinski definition) is 1. The molecule has 2 heterocycles. The molecule has 0 saturated heterocycles. The minimum Gasteiger partial charge on any atom is -0.354 e. The molecule has 3 aromatic rings. The van der Waals surface area contributed by atoms with Crippen LogP contribution in [0.1, 0.15) is 5.56 Å². The Kier molecular flexibility index (Phi) is 5.25. The van der Waals surface area contributed by atoms with Gasteiger partial charge in [-0.15, -0.1) is 5.10 Å². The standard InChI is InChI=1S/C17H16ClN5O2/c18-14-4-2-13(3-5-14)8-10-19-16(24)12-23-17(25)7-6-15(21-23)22-11-1-9-20-22/h1-7,9,11H,8,10,12H2,(H,19,24). The van der Waals surface area contributed by atoms with Crippen LogP contribution < -0.4 is 10.9 Å². The zero-order valence-electron chi connectivity index (χ0n) is 13.3. The van der Waals surface area contributed by atoms with Crippen molar-refractivity contribution in [1.29, 1.82) is 0 Å². The summed E-state index contributed by atoms with van der Waals surface area (Å²) in [6.07, 6.45) is 4.00. The van der Waals surface area contributed by atoms with E-state index in [1.54, 1.807) is 24.5 Å². The Balaban J connectivity index is 1.58. The summed E-state index contributed by atoms with van der Waals surface area (Å²) in [5.41, 5.74) is 0.726. The average Bonchev–Trinajstić information content (AvgIpc) is 3.13.